The van der Waals surface area contributed by atoms with Crippen LogP contribution in [0.2, 0.25) is 5.02 Å². The molecule has 0 spiro atoms. The minimum atomic E-state index is -0.269. The van der Waals surface area contributed by atoms with Crippen molar-refractivity contribution >= 4 is 17.5 Å². The molecule has 31 heavy (non-hydrogen) atoms. The molecule has 1 aromatic heterocycles. The number of nitrogens with one attached hydrogen (secondary N) is 1. The fourth-order valence-electron chi connectivity index (χ4n) is 3.04. The fourth-order valence-corrected chi connectivity index (χ4v) is 3.16. The summed E-state index contributed by atoms with van der Waals surface area (Å²) >= 11 is 6.01. The van der Waals surface area contributed by atoms with E-state index in [0.717, 1.165) is 24.3 Å². The molecule has 0 bridgehead atoms. The molecule has 0 aliphatic rings. The van der Waals surface area contributed by atoms with Crippen LogP contribution in [0.5, 0.6) is 11.5 Å². The van der Waals surface area contributed by atoms with Gasteiger partial charge in [0.25, 0.3) is 5.91 Å². The molecule has 0 radical (unpaired) electrons. The molecule has 1 N–H and O–H groups in total. The Bertz CT molecular complexity index is 968. The van der Waals surface area contributed by atoms with Gasteiger partial charge in [0.1, 0.15) is 23.9 Å². The summed E-state index contributed by atoms with van der Waals surface area (Å²) < 4.78 is 16.5. The first-order chi connectivity index (χ1) is 14.9. The van der Waals surface area contributed by atoms with Crippen LogP contribution in [0.4, 0.5) is 0 Å². The molecule has 0 aliphatic carbocycles. The highest BCUT2D eigenvalue weighted by molar-refractivity contribution is 6.30. The maximum absolute atomic E-state index is 12.8. The van der Waals surface area contributed by atoms with E-state index in [-0.39, 0.29) is 24.3 Å². The van der Waals surface area contributed by atoms with Gasteiger partial charge >= 0.3 is 0 Å². The summed E-state index contributed by atoms with van der Waals surface area (Å²) in [5, 5.41) is 3.73. The lowest BCUT2D eigenvalue weighted by molar-refractivity contribution is 0.0900. The van der Waals surface area contributed by atoms with E-state index < -0.39 is 0 Å². The smallest absolute Gasteiger partial charge is 0.287 e. The number of amides is 1. The SMILES string of the molecule is COc1ccc(OCc2ccc(C(=O)NC(CCN(C)C)c3ccc(Cl)cc3)o2)cc1. The minimum Gasteiger partial charge on any atom is -0.497 e. The molecule has 164 valence electrons. The molecule has 0 aliphatic heterocycles. The summed E-state index contributed by atoms with van der Waals surface area (Å²) in [6, 6.07) is 18.0. The Kier molecular flexibility index (Phi) is 7.98. The van der Waals surface area contributed by atoms with Crippen molar-refractivity contribution in [1.82, 2.24) is 10.2 Å². The van der Waals surface area contributed by atoms with E-state index in [9.17, 15) is 4.79 Å². The summed E-state index contributed by atoms with van der Waals surface area (Å²) in [6.07, 6.45) is 0.758. The molecule has 3 rings (SSSR count). The van der Waals surface area contributed by atoms with Crippen molar-refractivity contribution in [1.29, 1.82) is 0 Å². The highest BCUT2D eigenvalue weighted by atomic mass is 35.5. The summed E-state index contributed by atoms with van der Waals surface area (Å²) in [4.78, 5) is 14.9. The number of methoxy groups -OCH3 is 1. The summed E-state index contributed by atoms with van der Waals surface area (Å²) in [7, 11) is 5.62. The van der Waals surface area contributed by atoms with Crippen LogP contribution in [0.25, 0.3) is 0 Å². The Balaban J connectivity index is 1.62. The Labute approximate surface area is 187 Å². The number of hydrogen-bond donors (Lipinski definition) is 1. The minimum absolute atomic E-state index is 0.156. The van der Waals surface area contributed by atoms with E-state index in [1.807, 2.05) is 62.6 Å². The van der Waals surface area contributed by atoms with Crippen molar-refractivity contribution in [3.05, 3.63) is 82.8 Å². The van der Waals surface area contributed by atoms with Crippen LogP contribution in [-0.4, -0.2) is 38.6 Å². The van der Waals surface area contributed by atoms with Gasteiger partial charge in [-0.05, 0) is 81.2 Å². The van der Waals surface area contributed by atoms with Gasteiger partial charge in [-0.2, -0.15) is 0 Å². The molecule has 0 fully saturated rings. The third-order valence-corrected chi connectivity index (χ3v) is 5.02. The summed E-state index contributed by atoms with van der Waals surface area (Å²) in [5.74, 6) is 1.99. The molecule has 2 aromatic carbocycles. The second-order valence-corrected chi connectivity index (χ2v) is 7.84. The monoisotopic (exact) mass is 442 g/mol. The first-order valence-corrected chi connectivity index (χ1v) is 10.4. The van der Waals surface area contributed by atoms with E-state index in [2.05, 4.69) is 10.2 Å². The highest BCUT2D eigenvalue weighted by Gasteiger charge is 2.19. The number of carbonyl (C=O) groups is 1. The predicted molar refractivity (Wildman–Crippen MR) is 121 cm³/mol. The van der Waals surface area contributed by atoms with Gasteiger partial charge in [-0.3, -0.25) is 4.79 Å². The average molecular weight is 443 g/mol. The van der Waals surface area contributed by atoms with E-state index >= 15 is 0 Å². The van der Waals surface area contributed by atoms with Crippen LogP contribution in [0.15, 0.2) is 65.1 Å². The number of carbonyl (C=O) groups excluding carboxylic acids is 1. The molecule has 1 amide bonds. The third-order valence-electron chi connectivity index (χ3n) is 4.77. The van der Waals surface area contributed by atoms with Gasteiger partial charge in [0.05, 0.1) is 13.2 Å². The van der Waals surface area contributed by atoms with Crippen molar-refractivity contribution in [2.75, 3.05) is 27.7 Å². The molecule has 3 aromatic rings. The quantitative estimate of drug-likeness (QED) is 0.481. The van der Waals surface area contributed by atoms with Gasteiger partial charge in [0, 0.05) is 5.02 Å². The second kappa shape index (κ2) is 10.9. The molecule has 6 nitrogen and oxygen atoms in total. The topological polar surface area (TPSA) is 63.9 Å². The van der Waals surface area contributed by atoms with E-state index in [4.69, 9.17) is 25.5 Å². The van der Waals surface area contributed by atoms with Crippen molar-refractivity contribution < 1.29 is 18.7 Å². The van der Waals surface area contributed by atoms with Crippen LogP contribution in [-0.2, 0) is 6.61 Å². The van der Waals surface area contributed by atoms with Crippen LogP contribution in [0.1, 0.15) is 34.3 Å². The van der Waals surface area contributed by atoms with Gasteiger partial charge in [-0.25, -0.2) is 0 Å². The lowest BCUT2D eigenvalue weighted by atomic mass is 10.0. The molecule has 7 heteroatoms. The standard InChI is InChI=1S/C24H27ClN2O4/c1-27(2)15-14-22(17-4-6-18(25)7-5-17)26-24(28)23-13-12-21(31-23)16-30-20-10-8-19(29-3)9-11-20/h4-13,22H,14-16H2,1-3H3,(H,26,28). The average Bonchev–Trinajstić information content (AvgIpc) is 3.25. The molecule has 0 saturated heterocycles. The van der Waals surface area contributed by atoms with Crippen LogP contribution >= 0.6 is 11.6 Å². The van der Waals surface area contributed by atoms with Gasteiger partial charge in [0.15, 0.2) is 5.76 Å². The molecule has 1 atom stereocenters. The lowest BCUT2D eigenvalue weighted by Crippen LogP contribution is -2.30. The maximum atomic E-state index is 12.8. The van der Waals surface area contributed by atoms with Crippen LogP contribution in [0, 0.1) is 0 Å². The molecular weight excluding hydrogens is 416 g/mol. The lowest BCUT2D eigenvalue weighted by Gasteiger charge is -2.21. The van der Waals surface area contributed by atoms with E-state index in [0.29, 0.717) is 16.5 Å². The number of hydrogen-bond acceptors (Lipinski definition) is 5. The van der Waals surface area contributed by atoms with Crippen LogP contribution < -0.4 is 14.8 Å². The first kappa shape index (κ1) is 22.7. The molecule has 0 saturated carbocycles. The zero-order valence-electron chi connectivity index (χ0n) is 17.9. The Morgan fingerprint density at radius 1 is 1.03 bits per heavy atom. The maximum Gasteiger partial charge on any atom is 0.287 e. The normalized spacial score (nSPS) is 11.9. The van der Waals surface area contributed by atoms with Crippen molar-refractivity contribution in [3.8, 4) is 11.5 Å². The summed E-state index contributed by atoms with van der Waals surface area (Å²) in [5.41, 5.74) is 0.995. The Morgan fingerprint density at radius 2 is 1.71 bits per heavy atom. The third kappa shape index (κ3) is 6.77. The molecular formula is C24H27ClN2O4. The number of halogens is 1. The molecule has 1 heterocycles. The predicted octanol–water partition coefficient (Wildman–Crippen LogP) is 4.94. The van der Waals surface area contributed by atoms with Gasteiger partial charge < -0.3 is 24.1 Å². The number of benzene rings is 2. The zero-order valence-corrected chi connectivity index (χ0v) is 18.7. The number of ether oxygens (including phenoxy) is 2. The Hall–Kier alpha value is -2.96. The van der Waals surface area contributed by atoms with Crippen molar-refractivity contribution in [3.63, 3.8) is 0 Å². The van der Waals surface area contributed by atoms with Gasteiger partial charge in [-0.1, -0.05) is 23.7 Å². The number of nitrogens with zero attached hydrogens (tertiary/aromatic N) is 1. The number of rotatable bonds is 10. The summed E-state index contributed by atoms with van der Waals surface area (Å²) in [6.45, 7) is 1.05. The largest absolute Gasteiger partial charge is 0.497 e. The van der Waals surface area contributed by atoms with Crippen molar-refractivity contribution in [2.24, 2.45) is 0 Å². The van der Waals surface area contributed by atoms with Gasteiger partial charge in [-0.15, -0.1) is 0 Å². The fraction of sp³-hybridized carbons (Fsp3) is 0.292. The van der Waals surface area contributed by atoms with Crippen LogP contribution in [0.3, 0.4) is 0 Å². The van der Waals surface area contributed by atoms with Crippen molar-refractivity contribution in [2.45, 2.75) is 19.1 Å². The molecule has 1 unspecified atom stereocenters. The van der Waals surface area contributed by atoms with E-state index in [1.54, 1.807) is 19.2 Å². The van der Waals surface area contributed by atoms with Gasteiger partial charge in [0.2, 0.25) is 0 Å². The van der Waals surface area contributed by atoms with E-state index in [1.165, 1.54) is 0 Å². The Morgan fingerprint density at radius 3 is 2.35 bits per heavy atom. The first-order valence-electron chi connectivity index (χ1n) is 10.0. The zero-order chi connectivity index (χ0) is 22.2. The highest BCUT2D eigenvalue weighted by Crippen LogP contribution is 2.22. The second-order valence-electron chi connectivity index (χ2n) is 7.40. The number of furan rings is 1.